The molecule has 0 bridgehead atoms. The Morgan fingerprint density at radius 3 is 2.41 bits per heavy atom. The van der Waals surface area contributed by atoms with Crippen LogP contribution in [0.1, 0.15) is 12.5 Å². The second-order valence-corrected chi connectivity index (χ2v) is 6.81. The van der Waals surface area contributed by atoms with E-state index in [0.29, 0.717) is 11.3 Å². The molecular formula is C23H22N4O2. The van der Waals surface area contributed by atoms with Crippen molar-refractivity contribution in [2.24, 2.45) is 0 Å². The molecule has 1 unspecified atom stereocenters. The molecule has 2 amide bonds. The van der Waals surface area contributed by atoms with E-state index >= 15 is 0 Å². The van der Waals surface area contributed by atoms with Crippen LogP contribution in [-0.4, -0.2) is 36.3 Å². The number of hydrogen-bond acceptors (Lipinski definition) is 4. The normalized spacial score (nSPS) is 11.7. The summed E-state index contributed by atoms with van der Waals surface area (Å²) in [6, 6.07) is 21.9. The average Bonchev–Trinajstić information content (AvgIpc) is 2.73. The van der Waals surface area contributed by atoms with E-state index in [4.69, 9.17) is 5.26 Å². The molecule has 6 heteroatoms. The van der Waals surface area contributed by atoms with Crippen molar-refractivity contribution < 1.29 is 9.59 Å². The van der Waals surface area contributed by atoms with Crippen LogP contribution in [0.25, 0.3) is 10.8 Å². The molecule has 0 heterocycles. The number of anilines is 2. The van der Waals surface area contributed by atoms with Gasteiger partial charge < -0.3 is 10.6 Å². The predicted molar refractivity (Wildman–Crippen MR) is 114 cm³/mol. The third-order valence-corrected chi connectivity index (χ3v) is 4.80. The van der Waals surface area contributed by atoms with Gasteiger partial charge in [-0.3, -0.25) is 14.5 Å². The molecule has 3 aromatic rings. The summed E-state index contributed by atoms with van der Waals surface area (Å²) in [4.78, 5) is 26.7. The van der Waals surface area contributed by atoms with Crippen molar-refractivity contribution >= 4 is 34.0 Å². The van der Waals surface area contributed by atoms with E-state index in [0.717, 1.165) is 16.5 Å². The number of nitrogens with one attached hydrogen (secondary N) is 2. The number of carbonyl (C=O) groups excluding carboxylic acids is 2. The quantitative estimate of drug-likeness (QED) is 0.678. The van der Waals surface area contributed by atoms with E-state index in [-0.39, 0.29) is 18.4 Å². The molecule has 0 aliphatic heterocycles. The number of amides is 2. The molecule has 0 spiro atoms. The topological polar surface area (TPSA) is 85.2 Å². The third kappa shape index (κ3) is 4.78. The van der Waals surface area contributed by atoms with Crippen molar-refractivity contribution in [3.8, 4) is 6.07 Å². The van der Waals surface area contributed by atoms with Gasteiger partial charge in [0, 0.05) is 11.1 Å². The Bertz CT molecular complexity index is 1080. The Kier molecular flexibility index (Phi) is 6.22. The molecule has 6 nitrogen and oxygen atoms in total. The highest BCUT2D eigenvalue weighted by molar-refractivity contribution is 6.03. The lowest BCUT2D eigenvalue weighted by Crippen LogP contribution is -2.43. The molecule has 0 saturated heterocycles. The van der Waals surface area contributed by atoms with Gasteiger partial charge >= 0.3 is 0 Å². The number of hydrogen-bond donors (Lipinski definition) is 2. The molecule has 2 N–H and O–H groups in total. The maximum Gasteiger partial charge on any atom is 0.241 e. The minimum atomic E-state index is -0.556. The Morgan fingerprint density at radius 1 is 0.966 bits per heavy atom. The second-order valence-electron chi connectivity index (χ2n) is 6.81. The van der Waals surface area contributed by atoms with Crippen LogP contribution in [0.5, 0.6) is 0 Å². The van der Waals surface area contributed by atoms with Crippen molar-refractivity contribution in [3.05, 3.63) is 72.3 Å². The molecule has 146 valence electrons. The Balaban J connectivity index is 1.63. The minimum Gasteiger partial charge on any atom is -0.324 e. The molecule has 29 heavy (non-hydrogen) atoms. The van der Waals surface area contributed by atoms with Gasteiger partial charge in [-0.05, 0) is 37.6 Å². The Hall–Kier alpha value is -3.69. The number of rotatable bonds is 6. The van der Waals surface area contributed by atoms with E-state index in [9.17, 15) is 9.59 Å². The van der Waals surface area contributed by atoms with E-state index in [1.807, 2.05) is 42.5 Å². The van der Waals surface area contributed by atoms with Crippen LogP contribution in [0.4, 0.5) is 11.4 Å². The van der Waals surface area contributed by atoms with Crippen LogP contribution >= 0.6 is 0 Å². The van der Waals surface area contributed by atoms with Crippen molar-refractivity contribution in [1.82, 2.24) is 4.90 Å². The zero-order valence-corrected chi connectivity index (χ0v) is 16.3. The van der Waals surface area contributed by atoms with Gasteiger partial charge in [0.1, 0.15) is 6.07 Å². The lowest BCUT2D eigenvalue weighted by atomic mass is 10.1. The Morgan fingerprint density at radius 2 is 1.62 bits per heavy atom. The zero-order chi connectivity index (χ0) is 20.8. The minimum absolute atomic E-state index is 0.0533. The second kappa shape index (κ2) is 9.00. The highest BCUT2D eigenvalue weighted by Crippen LogP contribution is 2.23. The number of para-hydroxylation sites is 1. The van der Waals surface area contributed by atoms with Gasteiger partial charge in [0.25, 0.3) is 0 Å². The number of carbonyl (C=O) groups is 2. The first-order valence-electron chi connectivity index (χ1n) is 9.27. The summed E-state index contributed by atoms with van der Waals surface area (Å²) in [6.07, 6.45) is 0. The van der Waals surface area contributed by atoms with Gasteiger partial charge in [0.05, 0.1) is 23.8 Å². The third-order valence-electron chi connectivity index (χ3n) is 4.80. The lowest BCUT2D eigenvalue weighted by molar-refractivity contribution is -0.122. The van der Waals surface area contributed by atoms with Crippen molar-refractivity contribution in [2.75, 3.05) is 24.2 Å². The van der Waals surface area contributed by atoms with Gasteiger partial charge in [-0.25, -0.2) is 0 Å². The fourth-order valence-corrected chi connectivity index (χ4v) is 3.01. The number of benzene rings is 3. The van der Waals surface area contributed by atoms with Gasteiger partial charge in [0.15, 0.2) is 0 Å². The van der Waals surface area contributed by atoms with Crippen molar-refractivity contribution in [3.63, 3.8) is 0 Å². The largest absolute Gasteiger partial charge is 0.324 e. The summed E-state index contributed by atoms with van der Waals surface area (Å²) in [5.41, 5.74) is 1.59. The molecule has 0 aliphatic rings. The van der Waals surface area contributed by atoms with Gasteiger partial charge in [-0.1, -0.05) is 48.5 Å². The number of nitrogens with zero attached hydrogens (tertiary/aromatic N) is 2. The highest BCUT2D eigenvalue weighted by Gasteiger charge is 2.21. The van der Waals surface area contributed by atoms with Gasteiger partial charge in [-0.2, -0.15) is 5.26 Å². The smallest absolute Gasteiger partial charge is 0.241 e. The maximum absolute atomic E-state index is 12.5. The zero-order valence-electron chi connectivity index (χ0n) is 16.3. The van der Waals surface area contributed by atoms with Crippen LogP contribution in [0.3, 0.4) is 0 Å². The molecule has 0 radical (unpaired) electrons. The average molecular weight is 386 g/mol. The fraction of sp³-hybridized carbons (Fsp3) is 0.174. The summed E-state index contributed by atoms with van der Waals surface area (Å²) in [7, 11) is 1.71. The van der Waals surface area contributed by atoms with Crippen LogP contribution in [0.15, 0.2) is 66.7 Å². The first-order valence-corrected chi connectivity index (χ1v) is 9.27. The number of nitriles is 1. The summed E-state index contributed by atoms with van der Waals surface area (Å²) < 4.78 is 0. The van der Waals surface area contributed by atoms with Crippen LogP contribution in [-0.2, 0) is 9.59 Å². The SMILES string of the molecule is CC(C(=O)Nc1ccccc1C#N)N(C)CC(=O)Nc1cccc2ccccc12. The fourth-order valence-electron chi connectivity index (χ4n) is 3.01. The van der Waals surface area contributed by atoms with E-state index < -0.39 is 6.04 Å². The van der Waals surface area contributed by atoms with Crippen LogP contribution in [0, 0.1) is 11.3 Å². The summed E-state index contributed by atoms with van der Waals surface area (Å²) in [6.45, 7) is 1.77. The highest BCUT2D eigenvalue weighted by atomic mass is 16.2. The van der Waals surface area contributed by atoms with Crippen molar-refractivity contribution in [2.45, 2.75) is 13.0 Å². The van der Waals surface area contributed by atoms with Crippen molar-refractivity contribution in [1.29, 1.82) is 5.26 Å². The van der Waals surface area contributed by atoms with Gasteiger partial charge in [0.2, 0.25) is 11.8 Å². The standard InChI is InChI=1S/C23H22N4O2/c1-16(23(29)26-20-12-6-4-9-18(20)14-24)27(2)15-22(28)25-21-13-7-10-17-8-3-5-11-19(17)21/h3-13,16H,15H2,1-2H3,(H,25,28)(H,26,29). The predicted octanol–water partition coefficient (Wildman–Crippen LogP) is 3.61. The first kappa shape index (κ1) is 20.1. The summed E-state index contributed by atoms with van der Waals surface area (Å²) in [5, 5.41) is 16.8. The molecule has 0 fully saturated rings. The molecule has 3 rings (SSSR count). The molecule has 1 atom stereocenters. The monoisotopic (exact) mass is 386 g/mol. The summed E-state index contributed by atoms with van der Waals surface area (Å²) in [5.74, 6) is -0.492. The van der Waals surface area contributed by atoms with E-state index in [1.54, 1.807) is 43.1 Å². The van der Waals surface area contributed by atoms with E-state index in [1.165, 1.54) is 0 Å². The number of likely N-dealkylation sites (N-methyl/N-ethyl adjacent to an activating group) is 1. The van der Waals surface area contributed by atoms with E-state index in [2.05, 4.69) is 16.7 Å². The molecule has 0 aliphatic carbocycles. The first-order chi connectivity index (χ1) is 14.0. The summed E-state index contributed by atoms with van der Waals surface area (Å²) >= 11 is 0. The maximum atomic E-state index is 12.5. The molecular weight excluding hydrogens is 364 g/mol. The number of fused-ring (bicyclic) bond motifs is 1. The van der Waals surface area contributed by atoms with Gasteiger partial charge in [-0.15, -0.1) is 0 Å². The molecule has 0 aromatic heterocycles. The Labute approximate surface area is 169 Å². The van der Waals surface area contributed by atoms with Crippen LogP contribution in [0.2, 0.25) is 0 Å². The molecule has 3 aromatic carbocycles. The lowest BCUT2D eigenvalue weighted by Gasteiger charge is -2.23. The van der Waals surface area contributed by atoms with Crippen LogP contribution < -0.4 is 10.6 Å². The molecule has 0 saturated carbocycles.